The first-order valence-corrected chi connectivity index (χ1v) is 7.13. The maximum Gasteiger partial charge on any atom is 0.350 e. The number of nitrogens with one attached hydrogen (secondary N) is 1. The van der Waals surface area contributed by atoms with E-state index in [-0.39, 0.29) is 12.2 Å². The summed E-state index contributed by atoms with van der Waals surface area (Å²) in [5.41, 5.74) is 0.0576. The van der Waals surface area contributed by atoms with Crippen LogP contribution in [0.5, 0.6) is 0 Å². The normalized spacial score (nSPS) is 10.8. The van der Waals surface area contributed by atoms with Crippen LogP contribution in [0.3, 0.4) is 0 Å². The van der Waals surface area contributed by atoms with Crippen LogP contribution >= 0.6 is 15.9 Å². The summed E-state index contributed by atoms with van der Waals surface area (Å²) in [5.74, 6) is -1.10. The third-order valence-electron chi connectivity index (χ3n) is 2.99. The van der Waals surface area contributed by atoms with Crippen molar-refractivity contribution in [1.29, 1.82) is 0 Å². The highest BCUT2D eigenvalue weighted by Crippen LogP contribution is 2.19. The van der Waals surface area contributed by atoms with Gasteiger partial charge in [-0.1, -0.05) is 22.0 Å². The molecule has 3 aromatic rings. The van der Waals surface area contributed by atoms with Gasteiger partial charge >= 0.3 is 5.69 Å². The summed E-state index contributed by atoms with van der Waals surface area (Å²) < 4.78 is 16.6. The van der Waals surface area contributed by atoms with Crippen LogP contribution < -0.4 is 11.0 Å². The van der Waals surface area contributed by atoms with E-state index in [4.69, 9.17) is 0 Å². The predicted octanol–water partition coefficient (Wildman–Crippen LogP) is 2.04. The van der Waals surface area contributed by atoms with E-state index < -0.39 is 17.4 Å². The molecule has 0 atom stereocenters. The largest absolute Gasteiger partial charge is 0.350 e. The van der Waals surface area contributed by atoms with Crippen molar-refractivity contribution in [2.24, 2.45) is 0 Å². The molecular formula is C14H10BrFN4O2. The molecule has 0 unspecified atom stereocenters. The number of pyridine rings is 1. The standard InChI is InChI=1S/C14H10BrFN4O2/c15-9-4-5-11(10(16)7-9)17-13(21)8-20-14(22)19-6-2-1-3-12(19)18-20/h1-7H,8H2,(H,17,21). The van der Waals surface area contributed by atoms with Crippen molar-refractivity contribution >= 4 is 33.2 Å². The SMILES string of the molecule is O=C(Cn1nc2ccccn2c1=O)Nc1ccc(Br)cc1F. The molecule has 0 saturated carbocycles. The van der Waals surface area contributed by atoms with Gasteiger partial charge in [-0.25, -0.2) is 13.9 Å². The number of amides is 1. The smallest absolute Gasteiger partial charge is 0.322 e. The molecule has 0 aliphatic rings. The van der Waals surface area contributed by atoms with Crippen LogP contribution in [-0.2, 0) is 11.3 Å². The lowest BCUT2D eigenvalue weighted by atomic mass is 10.3. The summed E-state index contributed by atoms with van der Waals surface area (Å²) in [6.07, 6.45) is 1.56. The summed E-state index contributed by atoms with van der Waals surface area (Å²) in [6.45, 7) is -0.296. The molecule has 0 fully saturated rings. The highest BCUT2D eigenvalue weighted by molar-refractivity contribution is 9.10. The number of carbonyl (C=O) groups is 1. The van der Waals surface area contributed by atoms with Gasteiger partial charge in [-0.15, -0.1) is 5.10 Å². The lowest BCUT2D eigenvalue weighted by Crippen LogP contribution is -2.28. The molecule has 1 amide bonds. The van der Waals surface area contributed by atoms with E-state index >= 15 is 0 Å². The van der Waals surface area contributed by atoms with Crippen molar-refractivity contribution in [1.82, 2.24) is 14.2 Å². The average Bonchev–Trinajstić information content (AvgIpc) is 2.79. The fourth-order valence-corrected chi connectivity index (χ4v) is 2.32. The number of anilines is 1. The number of hydrogen-bond acceptors (Lipinski definition) is 3. The van der Waals surface area contributed by atoms with E-state index in [2.05, 4.69) is 26.3 Å². The second-order valence-corrected chi connectivity index (χ2v) is 5.46. The highest BCUT2D eigenvalue weighted by atomic mass is 79.9. The van der Waals surface area contributed by atoms with Crippen molar-refractivity contribution in [2.75, 3.05) is 5.32 Å². The monoisotopic (exact) mass is 364 g/mol. The molecule has 0 aliphatic carbocycles. The number of nitrogens with zero attached hydrogens (tertiary/aromatic N) is 3. The lowest BCUT2D eigenvalue weighted by molar-refractivity contribution is -0.117. The van der Waals surface area contributed by atoms with Gasteiger partial charge in [0.05, 0.1) is 5.69 Å². The molecule has 0 aliphatic heterocycles. The van der Waals surface area contributed by atoms with E-state index in [9.17, 15) is 14.0 Å². The fourth-order valence-electron chi connectivity index (χ4n) is 1.99. The fraction of sp³-hybridized carbons (Fsp3) is 0.0714. The molecule has 6 nitrogen and oxygen atoms in total. The first-order chi connectivity index (χ1) is 10.5. The third-order valence-corrected chi connectivity index (χ3v) is 3.48. The average molecular weight is 365 g/mol. The second-order valence-electron chi connectivity index (χ2n) is 4.54. The van der Waals surface area contributed by atoms with Crippen LogP contribution in [0, 0.1) is 5.82 Å². The van der Waals surface area contributed by atoms with Crippen molar-refractivity contribution in [2.45, 2.75) is 6.54 Å². The Bertz CT molecular complexity index is 919. The third kappa shape index (κ3) is 2.77. The first-order valence-electron chi connectivity index (χ1n) is 6.34. The Morgan fingerprint density at radius 1 is 1.32 bits per heavy atom. The molecule has 1 aromatic carbocycles. The Hall–Kier alpha value is -2.48. The van der Waals surface area contributed by atoms with Gasteiger partial charge < -0.3 is 5.32 Å². The molecule has 0 saturated heterocycles. The Morgan fingerprint density at radius 2 is 2.14 bits per heavy atom. The van der Waals surface area contributed by atoms with Crippen molar-refractivity contribution in [3.8, 4) is 0 Å². The van der Waals surface area contributed by atoms with Gasteiger partial charge in [0.1, 0.15) is 12.4 Å². The number of fused-ring (bicyclic) bond motifs is 1. The summed E-state index contributed by atoms with van der Waals surface area (Å²) in [5, 5.41) is 6.45. The molecule has 2 heterocycles. The quantitative estimate of drug-likeness (QED) is 0.773. The van der Waals surface area contributed by atoms with Crippen molar-refractivity contribution in [3.05, 3.63) is 63.4 Å². The summed E-state index contributed by atoms with van der Waals surface area (Å²) >= 11 is 3.13. The van der Waals surface area contributed by atoms with Crippen LogP contribution in [-0.4, -0.2) is 20.1 Å². The maximum atomic E-state index is 13.7. The number of carbonyl (C=O) groups excluding carboxylic acids is 1. The summed E-state index contributed by atoms with van der Waals surface area (Å²) in [7, 11) is 0. The Balaban J connectivity index is 1.81. The van der Waals surface area contributed by atoms with Gasteiger partial charge in [0, 0.05) is 10.7 Å². The van der Waals surface area contributed by atoms with Crippen LogP contribution in [0.15, 0.2) is 51.9 Å². The zero-order valence-electron chi connectivity index (χ0n) is 11.2. The summed E-state index contributed by atoms with van der Waals surface area (Å²) in [6, 6.07) is 9.37. The minimum Gasteiger partial charge on any atom is -0.322 e. The van der Waals surface area contributed by atoms with Crippen LogP contribution in [0.25, 0.3) is 5.65 Å². The van der Waals surface area contributed by atoms with E-state index in [0.29, 0.717) is 10.1 Å². The minimum atomic E-state index is -0.565. The molecule has 1 N–H and O–H groups in total. The summed E-state index contributed by atoms with van der Waals surface area (Å²) in [4.78, 5) is 24.0. The topological polar surface area (TPSA) is 68.4 Å². The number of aromatic nitrogens is 3. The van der Waals surface area contributed by atoms with Crippen LogP contribution in [0.2, 0.25) is 0 Å². The Morgan fingerprint density at radius 3 is 2.86 bits per heavy atom. The zero-order chi connectivity index (χ0) is 15.7. The maximum absolute atomic E-state index is 13.7. The van der Waals surface area contributed by atoms with Gasteiger partial charge in [-0.05, 0) is 30.3 Å². The predicted molar refractivity (Wildman–Crippen MR) is 82.2 cm³/mol. The number of rotatable bonds is 3. The molecule has 0 spiro atoms. The van der Waals surface area contributed by atoms with E-state index in [0.717, 1.165) is 4.68 Å². The molecule has 2 aromatic heterocycles. The van der Waals surface area contributed by atoms with Gasteiger partial charge in [0.25, 0.3) is 0 Å². The molecular weight excluding hydrogens is 355 g/mol. The number of hydrogen-bond donors (Lipinski definition) is 1. The molecule has 8 heteroatoms. The number of benzene rings is 1. The molecule has 0 radical (unpaired) electrons. The van der Waals surface area contributed by atoms with Gasteiger partial charge in [-0.3, -0.25) is 9.20 Å². The first kappa shape index (κ1) is 14.5. The van der Waals surface area contributed by atoms with E-state index in [1.54, 1.807) is 30.5 Å². The van der Waals surface area contributed by atoms with Gasteiger partial charge in [-0.2, -0.15) is 0 Å². The van der Waals surface area contributed by atoms with E-state index in [1.165, 1.54) is 16.5 Å². The van der Waals surface area contributed by atoms with E-state index in [1.807, 2.05) is 0 Å². The molecule has 22 heavy (non-hydrogen) atoms. The number of halogens is 2. The van der Waals surface area contributed by atoms with Crippen LogP contribution in [0.4, 0.5) is 10.1 Å². The molecule has 112 valence electrons. The van der Waals surface area contributed by atoms with Gasteiger partial charge in [0.15, 0.2) is 5.65 Å². The minimum absolute atomic E-state index is 0.0463. The Kier molecular flexibility index (Phi) is 3.76. The lowest BCUT2D eigenvalue weighted by Gasteiger charge is -2.06. The second kappa shape index (κ2) is 5.72. The van der Waals surface area contributed by atoms with Crippen molar-refractivity contribution < 1.29 is 9.18 Å². The van der Waals surface area contributed by atoms with Crippen LogP contribution in [0.1, 0.15) is 0 Å². The molecule has 3 rings (SSSR count). The molecule has 0 bridgehead atoms. The van der Waals surface area contributed by atoms with Gasteiger partial charge in [0.2, 0.25) is 5.91 Å². The van der Waals surface area contributed by atoms with Crippen molar-refractivity contribution in [3.63, 3.8) is 0 Å². The highest BCUT2D eigenvalue weighted by Gasteiger charge is 2.12. The Labute approximate surface area is 132 Å². The zero-order valence-corrected chi connectivity index (χ0v) is 12.7.